The van der Waals surface area contributed by atoms with Gasteiger partial charge in [0.2, 0.25) is 0 Å². The van der Waals surface area contributed by atoms with E-state index in [1.54, 1.807) is 12.1 Å². The third-order valence-electron chi connectivity index (χ3n) is 4.03. The molecule has 0 saturated heterocycles. The molecule has 94 valence electrons. The van der Waals surface area contributed by atoms with Crippen LogP contribution in [0.25, 0.3) is 0 Å². The second-order valence-corrected chi connectivity index (χ2v) is 5.38. The maximum Gasteiger partial charge on any atom is 0.123 e. The molecule has 0 bridgehead atoms. The summed E-state index contributed by atoms with van der Waals surface area (Å²) in [6.45, 7) is 3.24. The summed E-state index contributed by atoms with van der Waals surface area (Å²) in [6.07, 6.45) is 5.08. The first-order valence-electron chi connectivity index (χ1n) is 6.61. The van der Waals surface area contributed by atoms with E-state index in [1.165, 1.54) is 31.2 Å². The fourth-order valence-corrected chi connectivity index (χ4v) is 3.28. The molecule has 1 fully saturated rings. The highest BCUT2D eigenvalue weighted by Gasteiger charge is 2.44. The number of benzene rings is 1. The molecule has 1 saturated carbocycles. The third kappa shape index (κ3) is 2.52. The SMILES string of the molecule is CCCC1CC(CNC)(c2ccc(F)cc2)C1. The van der Waals surface area contributed by atoms with Gasteiger partial charge in [-0.2, -0.15) is 0 Å². The van der Waals surface area contributed by atoms with Crippen LogP contribution in [-0.4, -0.2) is 13.6 Å². The molecule has 0 atom stereocenters. The molecule has 2 rings (SSSR count). The minimum Gasteiger partial charge on any atom is -0.319 e. The summed E-state index contributed by atoms with van der Waals surface area (Å²) >= 11 is 0. The maximum absolute atomic E-state index is 13.0. The Morgan fingerprint density at radius 3 is 2.47 bits per heavy atom. The summed E-state index contributed by atoms with van der Waals surface area (Å²) in [4.78, 5) is 0. The Morgan fingerprint density at radius 1 is 1.29 bits per heavy atom. The van der Waals surface area contributed by atoms with E-state index in [-0.39, 0.29) is 11.2 Å². The van der Waals surface area contributed by atoms with Gasteiger partial charge in [-0.15, -0.1) is 0 Å². The Hall–Kier alpha value is -0.890. The van der Waals surface area contributed by atoms with Crippen molar-refractivity contribution < 1.29 is 4.39 Å². The molecule has 1 aromatic rings. The van der Waals surface area contributed by atoms with Crippen LogP contribution in [0, 0.1) is 11.7 Å². The lowest BCUT2D eigenvalue weighted by Crippen LogP contribution is -2.47. The average Bonchev–Trinajstić information content (AvgIpc) is 2.27. The minimum absolute atomic E-state index is 0.141. The monoisotopic (exact) mass is 235 g/mol. The van der Waals surface area contributed by atoms with Crippen molar-refractivity contribution in [1.82, 2.24) is 5.32 Å². The van der Waals surface area contributed by atoms with Gasteiger partial charge in [0.05, 0.1) is 0 Å². The van der Waals surface area contributed by atoms with Crippen LogP contribution in [0.3, 0.4) is 0 Å². The van der Waals surface area contributed by atoms with Crippen molar-refractivity contribution >= 4 is 0 Å². The van der Waals surface area contributed by atoms with Crippen molar-refractivity contribution in [3.63, 3.8) is 0 Å². The molecule has 1 N–H and O–H groups in total. The van der Waals surface area contributed by atoms with E-state index in [9.17, 15) is 4.39 Å². The summed E-state index contributed by atoms with van der Waals surface area (Å²) < 4.78 is 13.0. The molecule has 0 aliphatic heterocycles. The topological polar surface area (TPSA) is 12.0 Å². The van der Waals surface area contributed by atoms with E-state index in [4.69, 9.17) is 0 Å². The summed E-state index contributed by atoms with van der Waals surface area (Å²) in [6, 6.07) is 7.07. The Bertz CT molecular complexity index is 352. The standard InChI is InChI=1S/C15H22FN/c1-3-4-12-9-15(10-12,11-17-2)13-5-7-14(16)8-6-13/h5-8,12,17H,3-4,9-11H2,1-2H3. The van der Waals surface area contributed by atoms with Gasteiger partial charge in [0.25, 0.3) is 0 Å². The largest absolute Gasteiger partial charge is 0.319 e. The molecule has 1 aliphatic carbocycles. The van der Waals surface area contributed by atoms with Crippen molar-refractivity contribution in [1.29, 1.82) is 0 Å². The molecular weight excluding hydrogens is 213 g/mol. The van der Waals surface area contributed by atoms with Crippen LogP contribution in [0.15, 0.2) is 24.3 Å². The molecule has 2 heteroatoms. The normalized spacial score (nSPS) is 27.8. The van der Waals surface area contributed by atoms with Crippen LogP contribution in [-0.2, 0) is 5.41 Å². The number of likely N-dealkylation sites (N-methyl/N-ethyl adjacent to an activating group) is 1. The van der Waals surface area contributed by atoms with Gasteiger partial charge in [-0.25, -0.2) is 4.39 Å². The number of rotatable bonds is 5. The van der Waals surface area contributed by atoms with Gasteiger partial charge in [-0.05, 0) is 43.5 Å². The Balaban J connectivity index is 2.11. The number of hydrogen-bond acceptors (Lipinski definition) is 1. The molecule has 1 aliphatic rings. The molecule has 0 spiro atoms. The van der Waals surface area contributed by atoms with Crippen molar-refractivity contribution in [2.24, 2.45) is 5.92 Å². The van der Waals surface area contributed by atoms with Gasteiger partial charge in [-0.3, -0.25) is 0 Å². The average molecular weight is 235 g/mol. The molecule has 0 unspecified atom stereocenters. The lowest BCUT2D eigenvalue weighted by atomic mass is 9.57. The zero-order valence-electron chi connectivity index (χ0n) is 10.8. The highest BCUT2D eigenvalue weighted by molar-refractivity contribution is 5.30. The fourth-order valence-electron chi connectivity index (χ4n) is 3.28. The van der Waals surface area contributed by atoms with E-state index in [2.05, 4.69) is 12.2 Å². The first-order chi connectivity index (χ1) is 8.20. The van der Waals surface area contributed by atoms with E-state index < -0.39 is 0 Å². The van der Waals surface area contributed by atoms with Crippen molar-refractivity contribution in [2.45, 2.75) is 38.0 Å². The Kier molecular flexibility index (Phi) is 3.82. The van der Waals surface area contributed by atoms with Crippen LogP contribution < -0.4 is 5.32 Å². The summed E-state index contributed by atoms with van der Waals surface area (Å²) in [5.41, 5.74) is 1.54. The molecule has 1 nitrogen and oxygen atoms in total. The van der Waals surface area contributed by atoms with Gasteiger partial charge in [0.15, 0.2) is 0 Å². The summed E-state index contributed by atoms with van der Waals surface area (Å²) in [5, 5.41) is 3.29. The Labute approximate surface area is 103 Å². The van der Waals surface area contributed by atoms with Gasteiger partial charge in [0, 0.05) is 12.0 Å². The molecule has 0 radical (unpaired) electrons. The van der Waals surface area contributed by atoms with Gasteiger partial charge in [0.1, 0.15) is 5.82 Å². The number of nitrogens with one attached hydrogen (secondary N) is 1. The third-order valence-corrected chi connectivity index (χ3v) is 4.03. The smallest absolute Gasteiger partial charge is 0.123 e. The highest BCUT2D eigenvalue weighted by atomic mass is 19.1. The number of halogens is 1. The molecule has 0 amide bonds. The van der Waals surface area contributed by atoms with Gasteiger partial charge < -0.3 is 5.32 Å². The van der Waals surface area contributed by atoms with Crippen molar-refractivity contribution in [2.75, 3.05) is 13.6 Å². The van der Waals surface area contributed by atoms with Crippen LogP contribution in [0.4, 0.5) is 4.39 Å². The predicted octanol–water partition coefficient (Wildman–Crippen LogP) is 3.49. The molecule has 17 heavy (non-hydrogen) atoms. The minimum atomic E-state index is -0.141. The summed E-state index contributed by atoms with van der Waals surface area (Å²) in [7, 11) is 2.00. The molecule has 0 aromatic heterocycles. The van der Waals surface area contributed by atoms with Gasteiger partial charge >= 0.3 is 0 Å². The molecule has 1 aromatic carbocycles. The molecular formula is C15H22FN. The lowest BCUT2D eigenvalue weighted by molar-refractivity contribution is 0.131. The second-order valence-electron chi connectivity index (χ2n) is 5.38. The predicted molar refractivity (Wildman–Crippen MR) is 69.6 cm³/mol. The van der Waals surface area contributed by atoms with E-state index >= 15 is 0 Å². The first kappa shape index (κ1) is 12.6. The van der Waals surface area contributed by atoms with Crippen LogP contribution >= 0.6 is 0 Å². The van der Waals surface area contributed by atoms with Crippen LogP contribution in [0.5, 0.6) is 0 Å². The quantitative estimate of drug-likeness (QED) is 0.823. The Morgan fingerprint density at radius 2 is 1.94 bits per heavy atom. The maximum atomic E-state index is 13.0. The van der Waals surface area contributed by atoms with Gasteiger partial charge in [-0.1, -0.05) is 31.9 Å². The van der Waals surface area contributed by atoms with Crippen molar-refractivity contribution in [3.8, 4) is 0 Å². The van der Waals surface area contributed by atoms with E-state index in [0.717, 1.165) is 12.5 Å². The second kappa shape index (κ2) is 5.18. The van der Waals surface area contributed by atoms with Crippen LogP contribution in [0.2, 0.25) is 0 Å². The van der Waals surface area contributed by atoms with E-state index in [0.29, 0.717) is 0 Å². The zero-order chi connectivity index (χ0) is 12.3. The van der Waals surface area contributed by atoms with Crippen molar-refractivity contribution in [3.05, 3.63) is 35.6 Å². The lowest BCUT2D eigenvalue weighted by Gasteiger charge is -2.48. The molecule has 0 heterocycles. The highest BCUT2D eigenvalue weighted by Crippen LogP contribution is 2.49. The van der Waals surface area contributed by atoms with Crippen LogP contribution in [0.1, 0.15) is 38.2 Å². The number of hydrogen-bond donors (Lipinski definition) is 1. The fraction of sp³-hybridized carbons (Fsp3) is 0.600. The van der Waals surface area contributed by atoms with E-state index in [1.807, 2.05) is 19.2 Å². The first-order valence-corrected chi connectivity index (χ1v) is 6.61. The summed E-state index contributed by atoms with van der Waals surface area (Å²) in [5.74, 6) is 0.719. The zero-order valence-corrected chi connectivity index (χ0v) is 10.8.